The molecule has 1 saturated heterocycles. The van der Waals surface area contributed by atoms with Gasteiger partial charge in [0.25, 0.3) is 0 Å². The molecule has 1 fully saturated rings. The van der Waals surface area contributed by atoms with Crippen molar-refractivity contribution >= 4 is 45.7 Å². The number of nitrogens with one attached hydrogen (secondary N) is 2. The minimum atomic E-state index is -0.498. The van der Waals surface area contributed by atoms with E-state index in [0.29, 0.717) is 28.2 Å². The minimum absolute atomic E-state index is 0.00863. The molecule has 0 saturated carbocycles. The fourth-order valence-electron chi connectivity index (χ4n) is 3.46. The lowest BCUT2D eigenvalue weighted by atomic mass is 10.1. The van der Waals surface area contributed by atoms with Crippen LogP contribution in [0.5, 0.6) is 0 Å². The third kappa shape index (κ3) is 5.53. The van der Waals surface area contributed by atoms with E-state index in [-0.39, 0.29) is 10.9 Å². The Morgan fingerprint density at radius 1 is 1.16 bits per heavy atom. The van der Waals surface area contributed by atoms with E-state index < -0.39 is 5.82 Å². The third-order valence-electron chi connectivity index (χ3n) is 5.04. The lowest BCUT2D eigenvalue weighted by Gasteiger charge is -2.24. The maximum atomic E-state index is 13.4. The second-order valence-electron chi connectivity index (χ2n) is 7.32. The van der Waals surface area contributed by atoms with Gasteiger partial charge in [0.1, 0.15) is 23.8 Å². The van der Waals surface area contributed by atoms with E-state index in [0.717, 1.165) is 19.6 Å². The number of rotatable bonds is 6. The van der Waals surface area contributed by atoms with E-state index in [2.05, 4.69) is 30.5 Å². The van der Waals surface area contributed by atoms with Gasteiger partial charge in [-0.05, 0) is 50.2 Å². The van der Waals surface area contributed by atoms with E-state index in [1.54, 1.807) is 18.3 Å². The van der Waals surface area contributed by atoms with Crippen LogP contribution in [0.3, 0.4) is 0 Å². The second kappa shape index (κ2) is 9.80. The summed E-state index contributed by atoms with van der Waals surface area (Å²) in [6, 6.07) is 6.00. The molecule has 2 aromatic heterocycles. The second-order valence-corrected chi connectivity index (χ2v) is 7.72. The molecular formula is C22H22ClFN6O. The summed E-state index contributed by atoms with van der Waals surface area (Å²) >= 11 is 5.86. The van der Waals surface area contributed by atoms with Gasteiger partial charge in [-0.2, -0.15) is 0 Å². The lowest BCUT2D eigenvalue weighted by Crippen LogP contribution is -2.29. The Morgan fingerprint density at radius 3 is 2.81 bits per heavy atom. The van der Waals surface area contributed by atoms with Crippen molar-refractivity contribution in [2.45, 2.75) is 19.3 Å². The van der Waals surface area contributed by atoms with Gasteiger partial charge in [-0.15, -0.1) is 0 Å². The molecule has 160 valence electrons. The van der Waals surface area contributed by atoms with Gasteiger partial charge in [-0.1, -0.05) is 24.1 Å². The number of piperidine rings is 1. The van der Waals surface area contributed by atoms with Gasteiger partial charge in [0.05, 0.1) is 16.7 Å². The lowest BCUT2D eigenvalue weighted by molar-refractivity contribution is -0.111. The molecule has 0 atom stereocenters. The Kier molecular flexibility index (Phi) is 6.69. The predicted molar refractivity (Wildman–Crippen MR) is 120 cm³/mol. The number of pyridine rings is 1. The highest BCUT2D eigenvalue weighted by molar-refractivity contribution is 6.31. The molecule has 0 aliphatic carbocycles. The number of hydrogen-bond donors (Lipinski definition) is 2. The van der Waals surface area contributed by atoms with Crippen molar-refractivity contribution in [1.82, 2.24) is 19.9 Å². The number of likely N-dealkylation sites (tertiary alicyclic amines) is 1. The molecule has 4 rings (SSSR count). The molecule has 0 spiro atoms. The largest absolute Gasteiger partial charge is 0.340 e. The van der Waals surface area contributed by atoms with Crippen LogP contribution < -0.4 is 10.6 Å². The van der Waals surface area contributed by atoms with Crippen LogP contribution in [0.1, 0.15) is 19.3 Å². The highest BCUT2D eigenvalue weighted by Crippen LogP contribution is 2.26. The first-order chi connectivity index (χ1) is 15.1. The summed E-state index contributed by atoms with van der Waals surface area (Å²) < 4.78 is 13.4. The Bertz CT molecular complexity index is 1120. The Morgan fingerprint density at radius 2 is 2.00 bits per heavy atom. The predicted octanol–water partition coefficient (Wildman–Crippen LogP) is 4.54. The number of aromatic nitrogens is 3. The Labute approximate surface area is 184 Å². The molecule has 1 aliphatic heterocycles. The SMILES string of the molecule is O=C(C=CCN1CCCCC1)Nc1cc2c(Nc3ccc(F)c(Cl)c3)ncnc2cn1. The van der Waals surface area contributed by atoms with Crippen LogP contribution in [0.25, 0.3) is 10.9 Å². The van der Waals surface area contributed by atoms with Crippen molar-refractivity contribution in [2.75, 3.05) is 30.3 Å². The van der Waals surface area contributed by atoms with Crippen LogP contribution in [0.4, 0.5) is 21.7 Å². The topological polar surface area (TPSA) is 83.0 Å². The van der Waals surface area contributed by atoms with Crippen LogP contribution in [-0.2, 0) is 4.79 Å². The molecule has 3 aromatic rings. The summed E-state index contributed by atoms with van der Waals surface area (Å²) in [6.07, 6.45) is 10.1. The first kappa shape index (κ1) is 21.1. The number of nitrogens with zero attached hydrogens (tertiary/aromatic N) is 4. The van der Waals surface area contributed by atoms with Gasteiger partial charge in [-0.3, -0.25) is 9.69 Å². The zero-order valence-electron chi connectivity index (χ0n) is 16.8. The highest BCUT2D eigenvalue weighted by Gasteiger charge is 2.10. The van der Waals surface area contributed by atoms with Crippen molar-refractivity contribution in [1.29, 1.82) is 0 Å². The van der Waals surface area contributed by atoms with Crippen molar-refractivity contribution in [2.24, 2.45) is 0 Å². The zero-order chi connectivity index (χ0) is 21.6. The van der Waals surface area contributed by atoms with Gasteiger partial charge in [0, 0.05) is 23.7 Å². The van der Waals surface area contributed by atoms with Crippen LogP contribution in [0.15, 0.2) is 48.9 Å². The molecule has 7 nitrogen and oxygen atoms in total. The molecule has 2 N–H and O–H groups in total. The number of fused-ring (bicyclic) bond motifs is 1. The molecule has 31 heavy (non-hydrogen) atoms. The molecule has 9 heteroatoms. The fourth-order valence-corrected chi connectivity index (χ4v) is 3.64. The fraction of sp³-hybridized carbons (Fsp3) is 0.273. The van der Waals surface area contributed by atoms with E-state index in [9.17, 15) is 9.18 Å². The molecule has 0 unspecified atom stereocenters. The van der Waals surface area contributed by atoms with Gasteiger partial charge in [0.2, 0.25) is 5.91 Å². The summed E-state index contributed by atoms with van der Waals surface area (Å²) in [5.41, 5.74) is 1.18. The normalized spacial score (nSPS) is 14.8. The average Bonchev–Trinajstić information content (AvgIpc) is 2.77. The number of amides is 1. The first-order valence-electron chi connectivity index (χ1n) is 10.1. The number of carbonyl (C=O) groups excluding carboxylic acids is 1. The molecule has 3 heterocycles. The maximum absolute atomic E-state index is 13.4. The molecule has 0 radical (unpaired) electrons. The molecule has 0 bridgehead atoms. The van der Waals surface area contributed by atoms with Gasteiger partial charge in [0.15, 0.2) is 0 Å². The summed E-state index contributed by atoms with van der Waals surface area (Å²) in [5.74, 6) is 0.129. The zero-order valence-corrected chi connectivity index (χ0v) is 17.6. The monoisotopic (exact) mass is 440 g/mol. The summed E-state index contributed by atoms with van der Waals surface area (Å²) in [4.78, 5) is 27.3. The average molecular weight is 441 g/mol. The summed E-state index contributed by atoms with van der Waals surface area (Å²) in [6.45, 7) is 2.92. The molecular weight excluding hydrogens is 419 g/mol. The number of anilines is 3. The van der Waals surface area contributed by atoms with Gasteiger partial charge < -0.3 is 10.6 Å². The number of halogens is 2. The molecule has 1 aromatic carbocycles. The van der Waals surface area contributed by atoms with Crippen LogP contribution in [0, 0.1) is 5.82 Å². The number of benzene rings is 1. The standard InChI is InChI=1S/C22H22ClFN6O/c23-17-11-15(6-7-18(17)24)28-22-16-12-20(25-13-19(16)26-14-27-22)29-21(31)5-4-10-30-8-2-1-3-9-30/h4-7,11-14H,1-3,8-10H2,(H,25,29,31)(H,26,27,28). The quantitative estimate of drug-likeness (QED) is 0.547. The van der Waals surface area contributed by atoms with E-state index >= 15 is 0 Å². The van der Waals surface area contributed by atoms with Crippen molar-refractivity contribution in [3.8, 4) is 0 Å². The minimum Gasteiger partial charge on any atom is -0.340 e. The molecule has 1 aliphatic rings. The van der Waals surface area contributed by atoms with E-state index in [1.165, 1.54) is 43.8 Å². The smallest absolute Gasteiger partial charge is 0.249 e. The van der Waals surface area contributed by atoms with Crippen molar-refractivity contribution < 1.29 is 9.18 Å². The maximum Gasteiger partial charge on any atom is 0.249 e. The van der Waals surface area contributed by atoms with Gasteiger partial charge >= 0.3 is 0 Å². The van der Waals surface area contributed by atoms with E-state index in [4.69, 9.17) is 11.6 Å². The summed E-state index contributed by atoms with van der Waals surface area (Å²) in [5, 5.41) is 6.54. The summed E-state index contributed by atoms with van der Waals surface area (Å²) in [7, 11) is 0. The van der Waals surface area contributed by atoms with Crippen molar-refractivity contribution in [3.63, 3.8) is 0 Å². The first-order valence-corrected chi connectivity index (χ1v) is 10.5. The van der Waals surface area contributed by atoms with Gasteiger partial charge in [-0.25, -0.2) is 19.3 Å². The van der Waals surface area contributed by atoms with Crippen LogP contribution >= 0.6 is 11.6 Å². The Hall–Kier alpha value is -3.10. The van der Waals surface area contributed by atoms with Crippen LogP contribution in [0.2, 0.25) is 5.02 Å². The number of carbonyl (C=O) groups is 1. The van der Waals surface area contributed by atoms with E-state index in [1.807, 2.05) is 6.08 Å². The highest BCUT2D eigenvalue weighted by atomic mass is 35.5. The number of hydrogen-bond acceptors (Lipinski definition) is 6. The van der Waals surface area contributed by atoms with Crippen LogP contribution in [-0.4, -0.2) is 45.4 Å². The molecule has 1 amide bonds. The third-order valence-corrected chi connectivity index (χ3v) is 5.33. The Balaban J connectivity index is 1.47. The van der Waals surface area contributed by atoms with Crippen molar-refractivity contribution in [3.05, 3.63) is 59.8 Å².